The average molecular weight is 392 g/mol. The van der Waals surface area contributed by atoms with Crippen LogP contribution in [-0.2, 0) is 16.0 Å². The molecule has 1 unspecified atom stereocenters. The SMILES string of the molecule is O=C(Cc1ccc(-c2ccccc2)cc1)N1CCCC12CCCN(CCO)C2=O. The van der Waals surface area contributed by atoms with Crippen LogP contribution < -0.4 is 0 Å². The zero-order chi connectivity index (χ0) is 20.3. The highest BCUT2D eigenvalue weighted by Crippen LogP contribution is 2.38. The predicted molar refractivity (Wildman–Crippen MR) is 112 cm³/mol. The standard InChI is InChI=1S/C24H28N2O3/c27-17-16-25-14-4-12-24(23(25)29)13-5-15-26(24)22(28)18-19-8-10-21(11-9-19)20-6-2-1-3-7-20/h1-3,6-11,27H,4-5,12-18H2. The first-order valence-electron chi connectivity index (χ1n) is 10.5. The van der Waals surface area contributed by atoms with Gasteiger partial charge in [0.25, 0.3) is 0 Å². The zero-order valence-electron chi connectivity index (χ0n) is 16.7. The van der Waals surface area contributed by atoms with E-state index < -0.39 is 5.54 Å². The largest absolute Gasteiger partial charge is 0.395 e. The third-order valence-corrected chi connectivity index (χ3v) is 6.28. The molecular formula is C24H28N2O3. The van der Waals surface area contributed by atoms with Gasteiger partial charge in [-0.2, -0.15) is 0 Å². The maximum Gasteiger partial charge on any atom is 0.248 e. The van der Waals surface area contributed by atoms with E-state index in [1.54, 1.807) is 4.90 Å². The van der Waals surface area contributed by atoms with Crippen molar-refractivity contribution in [3.63, 3.8) is 0 Å². The smallest absolute Gasteiger partial charge is 0.248 e. The number of carbonyl (C=O) groups is 2. The highest BCUT2D eigenvalue weighted by Gasteiger charge is 2.52. The van der Waals surface area contributed by atoms with Gasteiger partial charge in [-0.25, -0.2) is 0 Å². The third-order valence-electron chi connectivity index (χ3n) is 6.28. The number of nitrogens with zero attached hydrogens (tertiary/aromatic N) is 2. The van der Waals surface area contributed by atoms with Crippen LogP contribution in [0.1, 0.15) is 31.2 Å². The van der Waals surface area contributed by atoms with Gasteiger partial charge in [-0.05, 0) is 42.4 Å². The van der Waals surface area contributed by atoms with Crippen molar-refractivity contribution in [2.45, 2.75) is 37.6 Å². The van der Waals surface area contributed by atoms with E-state index in [9.17, 15) is 14.7 Å². The van der Waals surface area contributed by atoms with Gasteiger partial charge in [-0.15, -0.1) is 0 Å². The van der Waals surface area contributed by atoms with Gasteiger partial charge in [0.05, 0.1) is 13.0 Å². The molecule has 5 heteroatoms. The van der Waals surface area contributed by atoms with Gasteiger partial charge in [0, 0.05) is 19.6 Å². The predicted octanol–water partition coefficient (Wildman–Crippen LogP) is 2.87. The number of amides is 2. The molecule has 0 radical (unpaired) electrons. The first-order chi connectivity index (χ1) is 14.1. The topological polar surface area (TPSA) is 60.9 Å². The summed E-state index contributed by atoms with van der Waals surface area (Å²) in [7, 11) is 0. The molecule has 0 aromatic heterocycles. The molecule has 29 heavy (non-hydrogen) atoms. The number of rotatable bonds is 5. The summed E-state index contributed by atoms with van der Waals surface area (Å²) in [6, 6.07) is 18.3. The second-order valence-corrected chi connectivity index (χ2v) is 8.04. The van der Waals surface area contributed by atoms with Crippen LogP contribution in [-0.4, -0.2) is 58.5 Å². The summed E-state index contributed by atoms with van der Waals surface area (Å²) in [5.41, 5.74) is 2.54. The number of likely N-dealkylation sites (tertiary alicyclic amines) is 2. The van der Waals surface area contributed by atoms with Crippen molar-refractivity contribution in [1.82, 2.24) is 9.80 Å². The molecule has 1 spiro atoms. The van der Waals surface area contributed by atoms with Crippen LogP contribution in [0.3, 0.4) is 0 Å². The van der Waals surface area contributed by atoms with E-state index in [0.29, 0.717) is 26.1 Å². The monoisotopic (exact) mass is 392 g/mol. The Morgan fingerprint density at radius 1 is 0.931 bits per heavy atom. The van der Waals surface area contributed by atoms with E-state index in [0.717, 1.165) is 42.4 Å². The molecule has 152 valence electrons. The lowest BCUT2D eigenvalue weighted by molar-refractivity contribution is -0.155. The number of β-amino-alcohol motifs (C(OH)–C–C–N with tert-alkyl or cyclic N) is 1. The van der Waals surface area contributed by atoms with E-state index in [-0.39, 0.29) is 18.4 Å². The zero-order valence-corrected chi connectivity index (χ0v) is 16.7. The van der Waals surface area contributed by atoms with Crippen molar-refractivity contribution in [2.75, 3.05) is 26.2 Å². The van der Waals surface area contributed by atoms with Gasteiger partial charge < -0.3 is 14.9 Å². The molecule has 1 N–H and O–H groups in total. The lowest BCUT2D eigenvalue weighted by atomic mass is 9.85. The first kappa shape index (κ1) is 19.6. The fraction of sp³-hybridized carbons (Fsp3) is 0.417. The van der Waals surface area contributed by atoms with Crippen LogP contribution in [0.2, 0.25) is 0 Å². The Hall–Kier alpha value is -2.66. The summed E-state index contributed by atoms with van der Waals surface area (Å²) in [5, 5.41) is 9.27. The number of hydrogen-bond acceptors (Lipinski definition) is 3. The molecule has 2 saturated heterocycles. The average Bonchev–Trinajstić information content (AvgIpc) is 3.17. The van der Waals surface area contributed by atoms with Gasteiger partial charge in [0.15, 0.2) is 0 Å². The molecule has 4 rings (SSSR count). The van der Waals surface area contributed by atoms with Crippen LogP contribution in [0.15, 0.2) is 54.6 Å². The fourth-order valence-corrected chi connectivity index (χ4v) is 4.84. The van der Waals surface area contributed by atoms with Gasteiger partial charge in [0.1, 0.15) is 5.54 Å². The lowest BCUT2D eigenvalue weighted by Crippen LogP contribution is -2.61. The second kappa shape index (κ2) is 8.37. The van der Waals surface area contributed by atoms with E-state index >= 15 is 0 Å². The molecule has 5 nitrogen and oxygen atoms in total. The van der Waals surface area contributed by atoms with E-state index in [1.165, 1.54) is 0 Å². The van der Waals surface area contributed by atoms with Crippen LogP contribution in [0, 0.1) is 0 Å². The summed E-state index contributed by atoms with van der Waals surface area (Å²) in [5.74, 6) is 0.0391. The van der Waals surface area contributed by atoms with Crippen molar-refractivity contribution in [1.29, 1.82) is 0 Å². The second-order valence-electron chi connectivity index (χ2n) is 8.04. The number of carbonyl (C=O) groups excluding carboxylic acids is 2. The minimum Gasteiger partial charge on any atom is -0.395 e. The summed E-state index contributed by atoms with van der Waals surface area (Å²) in [6.07, 6.45) is 3.50. The summed E-state index contributed by atoms with van der Waals surface area (Å²) < 4.78 is 0. The van der Waals surface area contributed by atoms with Gasteiger partial charge >= 0.3 is 0 Å². The summed E-state index contributed by atoms with van der Waals surface area (Å²) in [4.78, 5) is 29.8. The van der Waals surface area contributed by atoms with Gasteiger partial charge in [-0.3, -0.25) is 9.59 Å². The molecule has 0 aliphatic carbocycles. The van der Waals surface area contributed by atoms with Crippen molar-refractivity contribution in [3.8, 4) is 11.1 Å². The molecule has 2 aromatic carbocycles. The van der Waals surface area contributed by atoms with E-state index in [2.05, 4.69) is 12.1 Å². The molecule has 0 bridgehead atoms. The lowest BCUT2D eigenvalue weighted by Gasteiger charge is -2.44. The molecule has 2 aliphatic rings. The maximum absolute atomic E-state index is 13.2. The Morgan fingerprint density at radius 3 is 2.28 bits per heavy atom. The van der Waals surface area contributed by atoms with Gasteiger partial charge in [0.2, 0.25) is 11.8 Å². The Kier molecular flexibility index (Phi) is 5.67. The van der Waals surface area contributed by atoms with Crippen LogP contribution in [0.25, 0.3) is 11.1 Å². The third kappa shape index (κ3) is 3.79. The van der Waals surface area contributed by atoms with Crippen LogP contribution in [0.4, 0.5) is 0 Å². The summed E-state index contributed by atoms with van der Waals surface area (Å²) >= 11 is 0. The van der Waals surface area contributed by atoms with Crippen LogP contribution in [0.5, 0.6) is 0 Å². The van der Waals surface area contributed by atoms with Crippen molar-refractivity contribution < 1.29 is 14.7 Å². The quantitative estimate of drug-likeness (QED) is 0.851. The fourth-order valence-electron chi connectivity index (χ4n) is 4.84. The molecule has 2 amide bonds. The number of benzene rings is 2. The minimum absolute atomic E-state index is 0.0167. The molecule has 2 aliphatic heterocycles. The van der Waals surface area contributed by atoms with Crippen molar-refractivity contribution >= 4 is 11.8 Å². The van der Waals surface area contributed by atoms with Crippen LogP contribution >= 0.6 is 0 Å². The molecular weight excluding hydrogens is 364 g/mol. The molecule has 0 saturated carbocycles. The van der Waals surface area contributed by atoms with E-state index in [1.807, 2.05) is 47.4 Å². The van der Waals surface area contributed by atoms with Gasteiger partial charge in [-0.1, -0.05) is 54.6 Å². The number of hydrogen-bond donors (Lipinski definition) is 1. The highest BCUT2D eigenvalue weighted by molar-refractivity contribution is 5.93. The molecule has 2 fully saturated rings. The first-order valence-corrected chi connectivity index (χ1v) is 10.5. The normalized spacial score (nSPS) is 21.8. The van der Waals surface area contributed by atoms with Crippen molar-refractivity contribution in [3.05, 3.63) is 60.2 Å². The Morgan fingerprint density at radius 2 is 1.59 bits per heavy atom. The molecule has 2 heterocycles. The number of aliphatic hydroxyl groups is 1. The Bertz CT molecular complexity index is 863. The molecule has 1 atom stereocenters. The highest BCUT2D eigenvalue weighted by atomic mass is 16.3. The maximum atomic E-state index is 13.2. The number of piperidine rings is 1. The summed E-state index contributed by atoms with van der Waals surface area (Å²) in [6.45, 7) is 1.62. The molecule has 2 aromatic rings. The Balaban J connectivity index is 1.48. The number of aliphatic hydroxyl groups excluding tert-OH is 1. The van der Waals surface area contributed by atoms with Crippen molar-refractivity contribution in [2.24, 2.45) is 0 Å². The van der Waals surface area contributed by atoms with E-state index in [4.69, 9.17) is 0 Å². The Labute approximate surface area is 171 Å². The minimum atomic E-state index is -0.700.